The molecule has 0 aliphatic heterocycles. The highest BCUT2D eigenvalue weighted by atomic mass is 19.3. The van der Waals surface area contributed by atoms with Crippen LogP contribution in [0, 0.1) is 0 Å². The zero-order valence-electron chi connectivity index (χ0n) is 7.66. The molecule has 0 amide bonds. The van der Waals surface area contributed by atoms with Crippen LogP contribution in [0.3, 0.4) is 0 Å². The summed E-state index contributed by atoms with van der Waals surface area (Å²) in [7, 11) is 0. The first-order valence-corrected chi connectivity index (χ1v) is 4.37. The van der Waals surface area contributed by atoms with Crippen molar-refractivity contribution in [2.24, 2.45) is 0 Å². The third kappa shape index (κ3) is 3.04. The number of nitrogens with zero attached hydrogens (tertiary/aromatic N) is 2. The minimum atomic E-state index is -2.55. The van der Waals surface area contributed by atoms with Gasteiger partial charge in [0.15, 0.2) is 0 Å². The summed E-state index contributed by atoms with van der Waals surface area (Å²) in [5.74, 6) is 0.304. The van der Waals surface area contributed by atoms with Crippen molar-refractivity contribution in [3.05, 3.63) is 18.2 Å². The van der Waals surface area contributed by atoms with Crippen LogP contribution in [-0.2, 0) is 6.54 Å². The average Bonchev–Trinajstić information content (AvgIpc) is 2.60. The SMILES string of the molecule is OCCCNCc1nccn1C(F)F. The number of hydrogen-bond acceptors (Lipinski definition) is 3. The molecule has 14 heavy (non-hydrogen) atoms. The Kier molecular flexibility index (Phi) is 4.48. The van der Waals surface area contributed by atoms with Gasteiger partial charge in [0.1, 0.15) is 5.82 Å². The van der Waals surface area contributed by atoms with Crippen LogP contribution in [0.5, 0.6) is 0 Å². The summed E-state index contributed by atoms with van der Waals surface area (Å²) in [5.41, 5.74) is 0. The van der Waals surface area contributed by atoms with Crippen molar-refractivity contribution in [3.63, 3.8) is 0 Å². The van der Waals surface area contributed by atoms with E-state index in [1.165, 1.54) is 12.4 Å². The summed E-state index contributed by atoms with van der Waals surface area (Å²) < 4.78 is 25.4. The van der Waals surface area contributed by atoms with Crippen molar-refractivity contribution < 1.29 is 13.9 Å². The molecule has 0 saturated carbocycles. The second kappa shape index (κ2) is 5.66. The first-order valence-electron chi connectivity index (χ1n) is 4.37. The van der Waals surface area contributed by atoms with Crippen LogP contribution >= 0.6 is 0 Å². The summed E-state index contributed by atoms with van der Waals surface area (Å²) in [6.07, 6.45) is 3.19. The maximum atomic E-state index is 12.3. The minimum Gasteiger partial charge on any atom is -0.396 e. The van der Waals surface area contributed by atoms with Crippen LogP contribution in [0.2, 0.25) is 0 Å². The summed E-state index contributed by atoms with van der Waals surface area (Å²) in [4.78, 5) is 3.79. The van der Waals surface area contributed by atoms with E-state index in [1.54, 1.807) is 0 Å². The molecule has 0 saturated heterocycles. The van der Waals surface area contributed by atoms with Gasteiger partial charge in [0.2, 0.25) is 0 Å². The van der Waals surface area contributed by atoms with Crippen molar-refractivity contribution in [3.8, 4) is 0 Å². The van der Waals surface area contributed by atoms with Gasteiger partial charge in [0.25, 0.3) is 0 Å². The number of aliphatic hydroxyl groups excluding tert-OH is 1. The monoisotopic (exact) mass is 205 g/mol. The van der Waals surface area contributed by atoms with Crippen molar-refractivity contribution in [2.75, 3.05) is 13.2 Å². The van der Waals surface area contributed by atoms with Gasteiger partial charge in [-0.1, -0.05) is 0 Å². The Labute approximate surface area is 80.6 Å². The molecule has 6 heteroatoms. The van der Waals surface area contributed by atoms with E-state index in [0.29, 0.717) is 18.8 Å². The third-order valence-electron chi connectivity index (χ3n) is 1.75. The largest absolute Gasteiger partial charge is 0.396 e. The fraction of sp³-hybridized carbons (Fsp3) is 0.625. The summed E-state index contributed by atoms with van der Waals surface area (Å²) in [5, 5.41) is 11.4. The van der Waals surface area contributed by atoms with Crippen LogP contribution in [-0.4, -0.2) is 27.8 Å². The first-order chi connectivity index (χ1) is 6.75. The van der Waals surface area contributed by atoms with Crippen LogP contribution in [0.4, 0.5) is 8.78 Å². The average molecular weight is 205 g/mol. The second-order valence-corrected chi connectivity index (χ2v) is 2.78. The molecule has 1 rings (SSSR count). The number of aliphatic hydroxyl groups is 1. The van der Waals surface area contributed by atoms with E-state index in [9.17, 15) is 8.78 Å². The lowest BCUT2D eigenvalue weighted by Gasteiger charge is -2.06. The maximum absolute atomic E-state index is 12.3. The number of alkyl halides is 2. The van der Waals surface area contributed by atoms with E-state index in [1.807, 2.05) is 0 Å². The number of imidazole rings is 1. The van der Waals surface area contributed by atoms with Gasteiger partial charge in [0.05, 0.1) is 6.54 Å². The normalized spacial score (nSPS) is 11.1. The van der Waals surface area contributed by atoms with Crippen molar-refractivity contribution in [1.29, 1.82) is 0 Å². The standard InChI is InChI=1S/C8H13F2N3O/c9-8(10)13-4-3-12-7(13)6-11-2-1-5-14/h3-4,8,11,14H,1-2,5-6H2. The van der Waals surface area contributed by atoms with Gasteiger partial charge in [-0.25, -0.2) is 4.98 Å². The molecule has 0 radical (unpaired) electrons. The third-order valence-corrected chi connectivity index (χ3v) is 1.75. The Hall–Kier alpha value is -1.01. The van der Waals surface area contributed by atoms with Crippen molar-refractivity contribution >= 4 is 0 Å². The lowest BCUT2D eigenvalue weighted by molar-refractivity contribution is 0.0666. The minimum absolute atomic E-state index is 0.0935. The van der Waals surface area contributed by atoms with Gasteiger partial charge >= 0.3 is 6.55 Å². The lowest BCUT2D eigenvalue weighted by Crippen LogP contribution is -2.19. The molecule has 0 bridgehead atoms. The number of hydrogen-bond donors (Lipinski definition) is 2. The molecule has 1 heterocycles. The fourth-order valence-electron chi connectivity index (χ4n) is 1.06. The molecule has 80 valence electrons. The lowest BCUT2D eigenvalue weighted by atomic mass is 10.4. The zero-order chi connectivity index (χ0) is 10.4. The Bertz CT molecular complexity index is 265. The fourth-order valence-corrected chi connectivity index (χ4v) is 1.06. The number of halogens is 2. The van der Waals surface area contributed by atoms with Gasteiger partial charge in [0, 0.05) is 19.0 Å². The maximum Gasteiger partial charge on any atom is 0.319 e. The van der Waals surface area contributed by atoms with Gasteiger partial charge in [-0.3, -0.25) is 4.57 Å². The molecule has 1 aromatic rings. The highest BCUT2D eigenvalue weighted by Gasteiger charge is 2.09. The molecule has 0 unspecified atom stereocenters. The highest BCUT2D eigenvalue weighted by Crippen LogP contribution is 2.11. The molecule has 0 aromatic carbocycles. The molecule has 1 aromatic heterocycles. The topological polar surface area (TPSA) is 50.1 Å². The number of nitrogens with one attached hydrogen (secondary N) is 1. The van der Waals surface area contributed by atoms with Crippen LogP contribution in [0.15, 0.2) is 12.4 Å². The van der Waals surface area contributed by atoms with Gasteiger partial charge in [-0.15, -0.1) is 0 Å². The number of rotatable bonds is 6. The van der Waals surface area contributed by atoms with Crippen LogP contribution in [0.1, 0.15) is 18.8 Å². The van der Waals surface area contributed by atoms with Gasteiger partial charge in [-0.2, -0.15) is 8.78 Å². The highest BCUT2D eigenvalue weighted by molar-refractivity contribution is 4.92. The summed E-state index contributed by atoms with van der Waals surface area (Å²) in [6.45, 7) is -1.58. The Morgan fingerprint density at radius 3 is 3.00 bits per heavy atom. The summed E-state index contributed by atoms with van der Waals surface area (Å²) >= 11 is 0. The van der Waals surface area contributed by atoms with E-state index in [-0.39, 0.29) is 13.2 Å². The quantitative estimate of drug-likeness (QED) is 0.674. The Morgan fingerprint density at radius 2 is 2.36 bits per heavy atom. The van der Waals surface area contributed by atoms with E-state index in [4.69, 9.17) is 5.11 Å². The Morgan fingerprint density at radius 1 is 1.57 bits per heavy atom. The first kappa shape index (κ1) is 11.1. The van der Waals surface area contributed by atoms with E-state index in [0.717, 1.165) is 4.57 Å². The molecule has 0 atom stereocenters. The van der Waals surface area contributed by atoms with Crippen molar-refractivity contribution in [2.45, 2.75) is 19.5 Å². The van der Waals surface area contributed by atoms with Crippen LogP contribution < -0.4 is 5.32 Å². The molecule has 0 aliphatic carbocycles. The molecular weight excluding hydrogens is 192 g/mol. The smallest absolute Gasteiger partial charge is 0.319 e. The predicted molar refractivity (Wildman–Crippen MR) is 46.9 cm³/mol. The van der Waals surface area contributed by atoms with E-state index in [2.05, 4.69) is 10.3 Å². The zero-order valence-corrected chi connectivity index (χ0v) is 7.66. The number of aromatic nitrogens is 2. The van der Waals surface area contributed by atoms with E-state index < -0.39 is 6.55 Å². The summed E-state index contributed by atoms with van der Waals surface area (Å²) in [6, 6.07) is 0. The van der Waals surface area contributed by atoms with E-state index >= 15 is 0 Å². The van der Waals surface area contributed by atoms with Gasteiger partial charge in [-0.05, 0) is 13.0 Å². The molecule has 0 aliphatic rings. The molecular formula is C8H13F2N3O. The molecule has 2 N–H and O–H groups in total. The van der Waals surface area contributed by atoms with Crippen LogP contribution in [0.25, 0.3) is 0 Å². The predicted octanol–water partition coefficient (Wildman–Crippen LogP) is 0.750. The van der Waals surface area contributed by atoms with Crippen molar-refractivity contribution in [1.82, 2.24) is 14.9 Å². The van der Waals surface area contributed by atoms with Gasteiger partial charge < -0.3 is 10.4 Å². The second-order valence-electron chi connectivity index (χ2n) is 2.78. The molecule has 0 spiro atoms. The molecule has 4 nitrogen and oxygen atoms in total. The Balaban J connectivity index is 2.38. The molecule has 0 fully saturated rings.